The van der Waals surface area contributed by atoms with E-state index in [2.05, 4.69) is 0 Å². The van der Waals surface area contributed by atoms with E-state index in [0.717, 1.165) is 6.42 Å². The summed E-state index contributed by atoms with van der Waals surface area (Å²) >= 11 is 0. The molecule has 0 bridgehead atoms. The van der Waals surface area contributed by atoms with Gasteiger partial charge in [0.2, 0.25) is 0 Å². The third-order valence-electron chi connectivity index (χ3n) is 2.70. The predicted molar refractivity (Wildman–Crippen MR) is 64.8 cm³/mol. The van der Waals surface area contributed by atoms with Gasteiger partial charge in [0.1, 0.15) is 5.75 Å². The summed E-state index contributed by atoms with van der Waals surface area (Å²) in [5.41, 5.74) is 6.03. The van der Waals surface area contributed by atoms with Crippen LogP contribution >= 0.6 is 0 Å². The van der Waals surface area contributed by atoms with Crippen molar-refractivity contribution in [3.8, 4) is 11.5 Å². The molecule has 1 saturated carbocycles. The summed E-state index contributed by atoms with van der Waals surface area (Å²) in [4.78, 5) is 0. The predicted octanol–water partition coefficient (Wildman–Crippen LogP) is 2.99. The van der Waals surface area contributed by atoms with Gasteiger partial charge in [-0.3, -0.25) is 0 Å². The van der Waals surface area contributed by atoms with E-state index in [1.807, 2.05) is 6.92 Å². The van der Waals surface area contributed by atoms with Crippen molar-refractivity contribution in [2.75, 3.05) is 18.9 Å². The Morgan fingerprint density at radius 1 is 1.29 bits per heavy atom. The molecular weight excluding hydrogens is 221 g/mol. The molecule has 1 aromatic rings. The number of rotatable bonds is 6. The topological polar surface area (TPSA) is 44.5 Å². The van der Waals surface area contributed by atoms with Crippen LogP contribution in [-0.2, 0) is 0 Å². The Bertz CT molecular complexity index is 391. The lowest BCUT2D eigenvalue weighted by molar-refractivity contribution is 0.284. The fraction of sp³-hybridized carbons (Fsp3) is 0.538. The molecule has 0 spiro atoms. The normalized spacial score (nSPS) is 14.7. The van der Waals surface area contributed by atoms with Crippen molar-refractivity contribution in [3.05, 3.63) is 17.9 Å². The quantitative estimate of drug-likeness (QED) is 0.776. The first kappa shape index (κ1) is 12.0. The zero-order valence-electron chi connectivity index (χ0n) is 10.0. The number of hydrogen-bond donors (Lipinski definition) is 1. The first-order valence-electron chi connectivity index (χ1n) is 6.05. The molecule has 1 aromatic carbocycles. The Kier molecular flexibility index (Phi) is 3.71. The Morgan fingerprint density at radius 3 is 2.71 bits per heavy atom. The monoisotopic (exact) mass is 239 g/mol. The molecule has 0 radical (unpaired) electrons. The Morgan fingerprint density at radius 2 is 2.06 bits per heavy atom. The average Bonchev–Trinajstić information content (AvgIpc) is 3.10. The van der Waals surface area contributed by atoms with Gasteiger partial charge in [-0.2, -0.15) is 0 Å². The minimum absolute atomic E-state index is 0.215. The summed E-state index contributed by atoms with van der Waals surface area (Å²) in [7, 11) is 0. The number of ether oxygens (including phenoxy) is 2. The number of anilines is 1. The highest BCUT2D eigenvalue weighted by atomic mass is 19.1. The van der Waals surface area contributed by atoms with Gasteiger partial charge < -0.3 is 15.2 Å². The van der Waals surface area contributed by atoms with Crippen LogP contribution in [0.4, 0.5) is 10.1 Å². The van der Waals surface area contributed by atoms with Gasteiger partial charge in [-0.15, -0.1) is 0 Å². The van der Waals surface area contributed by atoms with Gasteiger partial charge in [0.25, 0.3) is 0 Å². The van der Waals surface area contributed by atoms with E-state index in [0.29, 0.717) is 30.6 Å². The Labute approximate surface area is 101 Å². The molecule has 2 rings (SSSR count). The molecule has 0 atom stereocenters. The first-order valence-corrected chi connectivity index (χ1v) is 6.05. The SMILES string of the molecule is CCCOc1cc(OCC2CC2)c(N)cc1F. The van der Waals surface area contributed by atoms with Crippen molar-refractivity contribution in [1.82, 2.24) is 0 Å². The smallest absolute Gasteiger partial charge is 0.167 e. The summed E-state index contributed by atoms with van der Waals surface area (Å²) in [6.45, 7) is 3.12. The van der Waals surface area contributed by atoms with Crippen LogP contribution in [0.3, 0.4) is 0 Å². The van der Waals surface area contributed by atoms with Gasteiger partial charge in [0, 0.05) is 12.1 Å². The van der Waals surface area contributed by atoms with E-state index >= 15 is 0 Å². The van der Waals surface area contributed by atoms with E-state index in [1.165, 1.54) is 18.9 Å². The van der Waals surface area contributed by atoms with Gasteiger partial charge in [0.15, 0.2) is 11.6 Å². The van der Waals surface area contributed by atoms with E-state index in [9.17, 15) is 4.39 Å². The van der Waals surface area contributed by atoms with E-state index in [4.69, 9.17) is 15.2 Å². The highest BCUT2D eigenvalue weighted by molar-refractivity contribution is 5.56. The minimum atomic E-state index is -0.435. The maximum Gasteiger partial charge on any atom is 0.167 e. The van der Waals surface area contributed by atoms with Crippen LogP contribution in [0.1, 0.15) is 26.2 Å². The molecule has 0 unspecified atom stereocenters. The summed E-state index contributed by atoms with van der Waals surface area (Å²) in [5, 5.41) is 0. The second-order valence-electron chi connectivity index (χ2n) is 4.42. The Hall–Kier alpha value is -1.45. The fourth-order valence-corrected chi connectivity index (χ4v) is 1.49. The van der Waals surface area contributed by atoms with Crippen LogP contribution in [0.25, 0.3) is 0 Å². The van der Waals surface area contributed by atoms with Crippen LogP contribution in [-0.4, -0.2) is 13.2 Å². The van der Waals surface area contributed by atoms with Crippen LogP contribution in [0.15, 0.2) is 12.1 Å². The van der Waals surface area contributed by atoms with Gasteiger partial charge in [0.05, 0.1) is 18.9 Å². The molecule has 94 valence electrons. The molecule has 0 amide bonds. The first-order chi connectivity index (χ1) is 8.20. The number of halogens is 1. The second-order valence-corrected chi connectivity index (χ2v) is 4.42. The number of nitrogens with two attached hydrogens (primary N) is 1. The van der Waals surface area contributed by atoms with Gasteiger partial charge in [-0.05, 0) is 25.2 Å². The molecule has 1 fully saturated rings. The third kappa shape index (κ3) is 3.25. The van der Waals surface area contributed by atoms with Crippen LogP contribution in [0.2, 0.25) is 0 Å². The van der Waals surface area contributed by atoms with Crippen LogP contribution in [0, 0.1) is 11.7 Å². The second kappa shape index (κ2) is 5.25. The summed E-state index contributed by atoms with van der Waals surface area (Å²) < 4.78 is 24.4. The molecule has 0 aromatic heterocycles. The summed E-state index contributed by atoms with van der Waals surface area (Å²) in [6.07, 6.45) is 3.25. The largest absolute Gasteiger partial charge is 0.491 e. The lowest BCUT2D eigenvalue weighted by Crippen LogP contribution is -2.04. The maximum absolute atomic E-state index is 13.5. The molecule has 3 nitrogen and oxygen atoms in total. The Balaban J connectivity index is 2.06. The molecule has 1 aliphatic carbocycles. The number of benzene rings is 1. The number of nitrogen functional groups attached to an aromatic ring is 1. The van der Waals surface area contributed by atoms with E-state index < -0.39 is 5.82 Å². The molecule has 0 saturated heterocycles. The fourth-order valence-electron chi connectivity index (χ4n) is 1.49. The van der Waals surface area contributed by atoms with Crippen molar-refractivity contribution < 1.29 is 13.9 Å². The third-order valence-corrected chi connectivity index (χ3v) is 2.70. The van der Waals surface area contributed by atoms with Crippen LogP contribution in [0.5, 0.6) is 11.5 Å². The van der Waals surface area contributed by atoms with E-state index in [-0.39, 0.29) is 5.75 Å². The van der Waals surface area contributed by atoms with E-state index in [1.54, 1.807) is 6.07 Å². The molecule has 4 heteroatoms. The highest BCUT2D eigenvalue weighted by Gasteiger charge is 2.22. The molecule has 17 heavy (non-hydrogen) atoms. The highest BCUT2D eigenvalue weighted by Crippen LogP contribution is 2.34. The molecular formula is C13H18FNO2. The average molecular weight is 239 g/mol. The maximum atomic E-state index is 13.5. The summed E-state index contributed by atoms with van der Waals surface area (Å²) in [6, 6.07) is 2.80. The number of hydrogen-bond acceptors (Lipinski definition) is 3. The van der Waals surface area contributed by atoms with Crippen molar-refractivity contribution >= 4 is 5.69 Å². The van der Waals surface area contributed by atoms with Crippen molar-refractivity contribution in [1.29, 1.82) is 0 Å². The van der Waals surface area contributed by atoms with Crippen molar-refractivity contribution in [2.45, 2.75) is 26.2 Å². The molecule has 0 heterocycles. The van der Waals surface area contributed by atoms with Gasteiger partial charge >= 0.3 is 0 Å². The lowest BCUT2D eigenvalue weighted by atomic mass is 10.2. The molecule has 1 aliphatic rings. The van der Waals surface area contributed by atoms with Crippen molar-refractivity contribution in [3.63, 3.8) is 0 Å². The minimum Gasteiger partial charge on any atom is -0.491 e. The van der Waals surface area contributed by atoms with Crippen molar-refractivity contribution in [2.24, 2.45) is 5.92 Å². The molecule has 0 aliphatic heterocycles. The van der Waals surface area contributed by atoms with Gasteiger partial charge in [-0.25, -0.2) is 4.39 Å². The lowest BCUT2D eigenvalue weighted by Gasteiger charge is -2.12. The summed E-state index contributed by atoms with van der Waals surface area (Å²) in [5.74, 6) is 0.936. The van der Waals surface area contributed by atoms with Gasteiger partial charge in [-0.1, -0.05) is 6.92 Å². The zero-order valence-corrected chi connectivity index (χ0v) is 10.0. The molecule has 2 N–H and O–H groups in total. The van der Waals surface area contributed by atoms with Crippen LogP contribution < -0.4 is 15.2 Å². The zero-order chi connectivity index (χ0) is 12.3. The standard InChI is InChI=1S/C13H18FNO2/c1-2-5-16-12-7-13(11(15)6-10(12)14)17-8-9-3-4-9/h6-7,9H,2-5,8,15H2,1H3.